The summed E-state index contributed by atoms with van der Waals surface area (Å²) >= 11 is 0. The molecule has 0 saturated carbocycles. The van der Waals surface area contributed by atoms with Gasteiger partial charge in [0.05, 0.1) is 19.0 Å². The van der Waals surface area contributed by atoms with Crippen molar-refractivity contribution in [2.75, 3.05) is 38.6 Å². The molecule has 0 radical (unpaired) electrons. The van der Waals surface area contributed by atoms with Crippen LogP contribution in [0.5, 0.6) is 0 Å². The molecule has 0 unspecified atom stereocenters. The average molecular weight is 325 g/mol. The van der Waals surface area contributed by atoms with Gasteiger partial charge in [-0.2, -0.15) is 0 Å². The Morgan fingerprint density at radius 2 is 2.23 bits per heavy atom. The second kappa shape index (κ2) is 6.23. The molecule has 0 amide bonds. The van der Waals surface area contributed by atoms with Crippen LogP contribution in [0.4, 0.5) is 0 Å². The second-order valence-corrected chi connectivity index (χ2v) is 8.42. The molecular weight excluding hydrogens is 302 g/mol. The molecule has 6 nitrogen and oxygen atoms in total. The molecule has 0 aliphatic carbocycles. The van der Waals surface area contributed by atoms with Crippen LogP contribution in [0.1, 0.15) is 12.5 Å². The molecule has 7 heteroatoms. The zero-order valence-electron chi connectivity index (χ0n) is 12.9. The highest BCUT2D eigenvalue weighted by atomic mass is 32.2. The lowest BCUT2D eigenvalue weighted by Gasteiger charge is -2.27. The molecule has 0 spiro atoms. The van der Waals surface area contributed by atoms with Gasteiger partial charge >= 0.3 is 0 Å². The summed E-state index contributed by atoms with van der Waals surface area (Å²) in [6, 6.07) is 4.05. The van der Waals surface area contributed by atoms with Gasteiger partial charge in [0.1, 0.15) is 0 Å². The maximum atomic E-state index is 11.7. The van der Waals surface area contributed by atoms with Gasteiger partial charge in [0.25, 0.3) is 0 Å². The number of ether oxygens (including phenoxy) is 1. The maximum Gasteiger partial charge on any atom is 0.211 e. The van der Waals surface area contributed by atoms with Crippen molar-refractivity contribution in [1.29, 1.82) is 0 Å². The number of likely N-dealkylation sites (tertiary alicyclic amines) is 1. The smallest absolute Gasteiger partial charge is 0.211 e. The molecule has 2 aliphatic rings. The summed E-state index contributed by atoms with van der Waals surface area (Å²) in [4.78, 5) is 6.43. The molecular formula is C15H23N3O3S. The van der Waals surface area contributed by atoms with E-state index in [0.29, 0.717) is 19.1 Å². The van der Waals surface area contributed by atoms with Gasteiger partial charge in [-0.25, -0.2) is 13.1 Å². The quantitative estimate of drug-likeness (QED) is 0.823. The molecule has 1 aromatic heterocycles. The number of nitrogens with zero attached hydrogens (tertiary/aromatic N) is 2. The number of rotatable bonds is 6. The van der Waals surface area contributed by atoms with Crippen LogP contribution in [0.2, 0.25) is 0 Å². The van der Waals surface area contributed by atoms with Gasteiger partial charge in [-0.1, -0.05) is 0 Å². The molecule has 2 fully saturated rings. The average Bonchev–Trinajstić information content (AvgIpc) is 3.03. The molecule has 3 rings (SSSR count). The SMILES string of the molecule is CCS(=O)(=O)NC[C@@]12COC[C@@H]1CN(Cc1ccncc1)C2. The maximum absolute atomic E-state index is 11.7. The lowest BCUT2D eigenvalue weighted by Crippen LogP contribution is -2.43. The largest absolute Gasteiger partial charge is 0.380 e. The predicted octanol–water partition coefficient (Wildman–Crippen LogP) is 0.469. The van der Waals surface area contributed by atoms with Gasteiger partial charge in [0, 0.05) is 49.9 Å². The summed E-state index contributed by atoms with van der Waals surface area (Å²) in [5, 5.41) is 0. The third kappa shape index (κ3) is 3.32. The van der Waals surface area contributed by atoms with Crippen molar-refractivity contribution >= 4 is 10.0 Å². The van der Waals surface area contributed by atoms with Crippen molar-refractivity contribution in [3.63, 3.8) is 0 Å². The number of fused-ring (bicyclic) bond motifs is 1. The Morgan fingerprint density at radius 1 is 1.45 bits per heavy atom. The van der Waals surface area contributed by atoms with Gasteiger partial charge in [0.15, 0.2) is 0 Å². The lowest BCUT2D eigenvalue weighted by atomic mass is 9.81. The molecule has 0 aromatic carbocycles. The van der Waals surface area contributed by atoms with Gasteiger partial charge in [-0.3, -0.25) is 9.88 Å². The first kappa shape index (κ1) is 15.9. The molecule has 1 aromatic rings. The van der Waals surface area contributed by atoms with Gasteiger partial charge in [0.2, 0.25) is 10.0 Å². The Kier molecular flexibility index (Phi) is 4.49. The van der Waals surface area contributed by atoms with Crippen LogP contribution in [-0.2, 0) is 21.3 Å². The first-order chi connectivity index (χ1) is 10.5. The third-order valence-electron chi connectivity index (χ3n) is 4.77. The summed E-state index contributed by atoms with van der Waals surface area (Å²) in [6.45, 7) is 6.19. The summed E-state index contributed by atoms with van der Waals surface area (Å²) in [5.74, 6) is 0.517. The Morgan fingerprint density at radius 3 is 2.95 bits per heavy atom. The van der Waals surface area contributed by atoms with E-state index >= 15 is 0 Å². The lowest BCUT2D eigenvalue weighted by molar-refractivity contribution is 0.128. The number of nitrogens with one attached hydrogen (secondary N) is 1. The van der Waals surface area contributed by atoms with Crippen LogP contribution in [-0.4, -0.2) is 56.9 Å². The summed E-state index contributed by atoms with van der Waals surface area (Å²) < 4.78 is 31.9. The van der Waals surface area contributed by atoms with Crippen LogP contribution >= 0.6 is 0 Å². The van der Waals surface area contributed by atoms with Crippen molar-refractivity contribution in [3.05, 3.63) is 30.1 Å². The van der Waals surface area contributed by atoms with E-state index in [1.807, 2.05) is 12.1 Å². The highest BCUT2D eigenvalue weighted by Crippen LogP contribution is 2.41. The summed E-state index contributed by atoms with van der Waals surface area (Å²) in [6.07, 6.45) is 3.61. The molecule has 122 valence electrons. The molecule has 2 saturated heterocycles. The van der Waals surface area contributed by atoms with Crippen LogP contribution in [0.25, 0.3) is 0 Å². The van der Waals surface area contributed by atoms with E-state index in [0.717, 1.165) is 26.2 Å². The summed E-state index contributed by atoms with van der Waals surface area (Å²) in [5.41, 5.74) is 1.15. The van der Waals surface area contributed by atoms with Crippen LogP contribution < -0.4 is 4.72 Å². The van der Waals surface area contributed by atoms with E-state index in [9.17, 15) is 8.42 Å². The third-order valence-corrected chi connectivity index (χ3v) is 6.12. The van der Waals surface area contributed by atoms with Crippen molar-refractivity contribution in [1.82, 2.24) is 14.6 Å². The fourth-order valence-electron chi connectivity index (χ4n) is 3.42. The molecule has 3 heterocycles. The zero-order chi connectivity index (χ0) is 15.6. The predicted molar refractivity (Wildman–Crippen MR) is 83.7 cm³/mol. The number of hydrogen-bond donors (Lipinski definition) is 1. The van der Waals surface area contributed by atoms with Gasteiger partial charge in [-0.05, 0) is 24.6 Å². The Bertz CT molecular complexity index is 608. The summed E-state index contributed by atoms with van der Waals surface area (Å²) in [7, 11) is -3.16. The highest BCUT2D eigenvalue weighted by Gasteiger charge is 2.50. The minimum atomic E-state index is -3.16. The van der Waals surface area contributed by atoms with Crippen LogP contribution in [0, 0.1) is 11.3 Å². The molecule has 0 bridgehead atoms. The topological polar surface area (TPSA) is 71.5 Å². The molecule has 1 N–H and O–H groups in total. The Hall–Kier alpha value is -1.02. The minimum Gasteiger partial charge on any atom is -0.380 e. The number of hydrogen-bond acceptors (Lipinski definition) is 5. The van der Waals surface area contributed by atoms with Gasteiger partial charge < -0.3 is 4.74 Å². The Balaban J connectivity index is 1.66. The molecule has 22 heavy (non-hydrogen) atoms. The normalized spacial score (nSPS) is 28.9. The van der Waals surface area contributed by atoms with Crippen molar-refractivity contribution in [2.45, 2.75) is 13.5 Å². The fraction of sp³-hybridized carbons (Fsp3) is 0.667. The second-order valence-electron chi connectivity index (χ2n) is 6.32. The number of sulfonamides is 1. The van der Waals surface area contributed by atoms with Crippen LogP contribution in [0.15, 0.2) is 24.5 Å². The van der Waals surface area contributed by atoms with Crippen molar-refractivity contribution in [2.24, 2.45) is 11.3 Å². The van der Waals surface area contributed by atoms with Gasteiger partial charge in [-0.15, -0.1) is 0 Å². The minimum absolute atomic E-state index is 0.0880. The standard InChI is InChI=1S/C15H23N3O3S/c1-2-22(19,20)17-10-15-11-18(8-14(15)9-21-12-15)7-13-3-5-16-6-4-13/h3-6,14,17H,2,7-12H2,1H3/t14-,15+/m0/s1. The van der Waals surface area contributed by atoms with E-state index in [4.69, 9.17) is 4.74 Å². The monoisotopic (exact) mass is 325 g/mol. The van der Waals surface area contributed by atoms with E-state index < -0.39 is 10.0 Å². The first-order valence-corrected chi connectivity index (χ1v) is 9.34. The molecule has 2 aliphatic heterocycles. The highest BCUT2D eigenvalue weighted by molar-refractivity contribution is 7.89. The first-order valence-electron chi connectivity index (χ1n) is 7.69. The number of aromatic nitrogens is 1. The molecule has 2 atom stereocenters. The van der Waals surface area contributed by atoms with Crippen LogP contribution in [0.3, 0.4) is 0 Å². The van der Waals surface area contributed by atoms with E-state index in [1.165, 1.54) is 5.56 Å². The zero-order valence-corrected chi connectivity index (χ0v) is 13.7. The van der Waals surface area contributed by atoms with E-state index in [1.54, 1.807) is 19.3 Å². The van der Waals surface area contributed by atoms with E-state index in [2.05, 4.69) is 14.6 Å². The van der Waals surface area contributed by atoms with Crippen molar-refractivity contribution in [3.8, 4) is 0 Å². The fourth-order valence-corrected chi connectivity index (χ4v) is 4.13. The van der Waals surface area contributed by atoms with E-state index in [-0.39, 0.29) is 11.2 Å². The Labute approximate surface area is 131 Å². The number of pyridine rings is 1. The van der Waals surface area contributed by atoms with Crippen molar-refractivity contribution < 1.29 is 13.2 Å².